The molecule has 0 saturated heterocycles. The Labute approximate surface area is 95.9 Å². The number of terminal acetylenes is 1. The number of rotatable bonds is 3. The van der Waals surface area contributed by atoms with Crippen LogP contribution in [-0.4, -0.2) is 0 Å². The number of nitriles is 2. The first kappa shape index (κ1) is 10.5. The predicted molar refractivity (Wildman–Crippen MR) is 60.5 cm³/mol. The molecule has 0 saturated carbocycles. The molecule has 2 nitrogen and oxygen atoms in total. The first-order chi connectivity index (χ1) is 7.73. The van der Waals surface area contributed by atoms with Gasteiger partial charge in [-0.25, -0.2) is 0 Å². The number of fused-ring (bicyclic) bond motifs is 2. The van der Waals surface area contributed by atoms with Gasteiger partial charge in [0.05, 0.1) is 12.1 Å². The Hall–Kier alpha value is -1.98. The minimum absolute atomic E-state index is 0.207. The van der Waals surface area contributed by atoms with Crippen LogP contribution < -0.4 is 0 Å². The van der Waals surface area contributed by atoms with Gasteiger partial charge in [0.25, 0.3) is 0 Å². The Kier molecular flexibility index (Phi) is 2.55. The van der Waals surface area contributed by atoms with E-state index in [1.165, 1.54) is 5.57 Å². The molecule has 16 heavy (non-hydrogen) atoms. The number of hydrogen-bond donors (Lipinski definition) is 0. The third-order valence-electron chi connectivity index (χ3n) is 3.36. The summed E-state index contributed by atoms with van der Waals surface area (Å²) in [5.74, 6) is 3.39. The van der Waals surface area contributed by atoms with Crippen LogP contribution in [0.3, 0.4) is 0 Å². The SMILES string of the molecule is C#CCC(C#N)(C#N)CC1=CC2C=CC1C2. The van der Waals surface area contributed by atoms with E-state index < -0.39 is 5.41 Å². The summed E-state index contributed by atoms with van der Waals surface area (Å²) in [6, 6.07) is 4.17. The van der Waals surface area contributed by atoms with Crippen LogP contribution in [0.1, 0.15) is 19.3 Å². The topological polar surface area (TPSA) is 47.6 Å². The summed E-state index contributed by atoms with van der Waals surface area (Å²) in [6.07, 6.45) is 13.6. The van der Waals surface area contributed by atoms with Gasteiger partial charge in [-0.2, -0.15) is 10.5 Å². The van der Waals surface area contributed by atoms with Crippen LogP contribution in [0, 0.1) is 52.3 Å². The molecule has 0 radical (unpaired) electrons. The van der Waals surface area contributed by atoms with E-state index >= 15 is 0 Å². The van der Waals surface area contributed by atoms with E-state index in [2.05, 4.69) is 36.3 Å². The fourth-order valence-corrected chi connectivity index (χ4v) is 2.48. The third-order valence-corrected chi connectivity index (χ3v) is 3.36. The van der Waals surface area contributed by atoms with Gasteiger partial charge in [0.1, 0.15) is 0 Å². The Balaban J connectivity index is 2.15. The quantitative estimate of drug-likeness (QED) is 0.528. The molecule has 2 heteroatoms. The molecule has 2 bridgehead atoms. The number of hydrogen-bond acceptors (Lipinski definition) is 2. The van der Waals surface area contributed by atoms with Gasteiger partial charge in [0.15, 0.2) is 5.41 Å². The van der Waals surface area contributed by atoms with Gasteiger partial charge in [0.2, 0.25) is 0 Å². The highest BCUT2D eigenvalue weighted by Crippen LogP contribution is 2.43. The van der Waals surface area contributed by atoms with Crippen molar-refractivity contribution in [3.8, 4) is 24.5 Å². The van der Waals surface area contributed by atoms with Gasteiger partial charge in [-0.3, -0.25) is 0 Å². The lowest BCUT2D eigenvalue weighted by molar-refractivity contribution is 0.511. The highest BCUT2D eigenvalue weighted by Gasteiger charge is 2.36. The highest BCUT2D eigenvalue weighted by atomic mass is 14.4. The Morgan fingerprint density at radius 3 is 2.56 bits per heavy atom. The zero-order chi connectivity index (χ0) is 11.6. The fraction of sp³-hybridized carbons (Fsp3) is 0.429. The van der Waals surface area contributed by atoms with Gasteiger partial charge in [-0.1, -0.05) is 23.8 Å². The van der Waals surface area contributed by atoms with Gasteiger partial charge >= 0.3 is 0 Å². The Morgan fingerprint density at radius 1 is 1.38 bits per heavy atom. The molecular weight excluding hydrogens is 196 g/mol. The number of nitrogens with zero attached hydrogens (tertiary/aromatic N) is 2. The van der Waals surface area contributed by atoms with E-state index in [0.717, 1.165) is 6.42 Å². The minimum Gasteiger partial charge on any atom is -0.197 e. The molecule has 2 atom stereocenters. The van der Waals surface area contributed by atoms with Crippen molar-refractivity contribution in [1.29, 1.82) is 10.5 Å². The first-order valence-corrected chi connectivity index (χ1v) is 5.38. The molecule has 2 aliphatic rings. The molecule has 2 unspecified atom stereocenters. The molecule has 0 fully saturated rings. The van der Waals surface area contributed by atoms with Crippen molar-refractivity contribution in [2.75, 3.05) is 0 Å². The monoisotopic (exact) mass is 208 g/mol. The average molecular weight is 208 g/mol. The summed E-state index contributed by atoms with van der Waals surface area (Å²) >= 11 is 0. The van der Waals surface area contributed by atoms with Gasteiger partial charge in [0, 0.05) is 12.8 Å². The van der Waals surface area contributed by atoms with E-state index in [0.29, 0.717) is 18.3 Å². The molecule has 0 aromatic rings. The van der Waals surface area contributed by atoms with E-state index in [1.807, 2.05) is 0 Å². The van der Waals surface area contributed by atoms with Crippen molar-refractivity contribution in [3.63, 3.8) is 0 Å². The predicted octanol–water partition coefficient (Wildman–Crippen LogP) is 2.57. The molecule has 0 heterocycles. The van der Waals surface area contributed by atoms with Gasteiger partial charge in [-0.05, 0) is 18.3 Å². The second-order valence-electron chi connectivity index (χ2n) is 4.50. The summed E-state index contributed by atoms with van der Waals surface area (Å²) in [5, 5.41) is 18.2. The molecule has 2 aliphatic carbocycles. The number of allylic oxidation sites excluding steroid dienone is 4. The summed E-state index contributed by atoms with van der Waals surface area (Å²) in [6.45, 7) is 0. The zero-order valence-corrected chi connectivity index (χ0v) is 8.98. The fourth-order valence-electron chi connectivity index (χ4n) is 2.48. The molecular formula is C14H12N2. The maximum atomic E-state index is 9.12. The first-order valence-electron chi connectivity index (χ1n) is 5.38. The maximum Gasteiger partial charge on any atom is 0.158 e. The largest absolute Gasteiger partial charge is 0.197 e. The van der Waals surface area contributed by atoms with Crippen LogP contribution in [0.25, 0.3) is 0 Å². The van der Waals surface area contributed by atoms with Gasteiger partial charge in [-0.15, -0.1) is 12.3 Å². The summed E-state index contributed by atoms with van der Waals surface area (Å²) in [7, 11) is 0. The lowest BCUT2D eigenvalue weighted by Crippen LogP contribution is -2.17. The Morgan fingerprint density at radius 2 is 2.12 bits per heavy atom. The second kappa shape index (κ2) is 3.88. The van der Waals surface area contributed by atoms with Crippen LogP contribution in [0.2, 0.25) is 0 Å². The van der Waals surface area contributed by atoms with Crippen LogP contribution >= 0.6 is 0 Å². The van der Waals surface area contributed by atoms with Crippen molar-refractivity contribution in [3.05, 3.63) is 23.8 Å². The lowest BCUT2D eigenvalue weighted by atomic mass is 9.79. The molecule has 0 amide bonds. The molecule has 2 rings (SSSR count). The smallest absolute Gasteiger partial charge is 0.158 e. The van der Waals surface area contributed by atoms with E-state index in [9.17, 15) is 0 Å². The van der Waals surface area contributed by atoms with E-state index in [1.54, 1.807) is 0 Å². The normalized spacial score (nSPS) is 25.7. The molecule has 0 spiro atoms. The van der Waals surface area contributed by atoms with Crippen LogP contribution in [0.15, 0.2) is 23.8 Å². The molecule has 0 aromatic carbocycles. The van der Waals surface area contributed by atoms with Crippen molar-refractivity contribution in [2.24, 2.45) is 17.3 Å². The van der Waals surface area contributed by atoms with Crippen molar-refractivity contribution in [1.82, 2.24) is 0 Å². The lowest BCUT2D eigenvalue weighted by Gasteiger charge is -2.19. The summed E-state index contributed by atoms with van der Waals surface area (Å²) < 4.78 is 0. The molecule has 78 valence electrons. The maximum absolute atomic E-state index is 9.12. The molecule has 0 aromatic heterocycles. The third kappa shape index (κ3) is 1.62. The standard InChI is InChI=1S/C14H12N2/c1-2-5-14(9-15,10-16)8-13-7-11-3-4-12(13)6-11/h1,3-4,7,11-12H,5-6,8H2. The minimum atomic E-state index is -1.03. The summed E-state index contributed by atoms with van der Waals surface area (Å²) in [4.78, 5) is 0. The molecule has 0 N–H and O–H groups in total. The van der Waals surface area contributed by atoms with Crippen LogP contribution in [-0.2, 0) is 0 Å². The highest BCUT2D eigenvalue weighted by molar-refractivity contribution is 5.34. The van der Waals surface area contributed by atoms with E-state index in [4.69, 9.17) is 16.9 Å². The van der Waals surface area contributed by atoms with Crippen LogP contribution in [0.4, 0.5) is 0 Å². The van der Waals surface area contributed by atoms with Crippen molar-refractivity contribution in [2.45, 2.75) is 19.3 Å². The Bertz CT molecular complexity index is 462. The summed E-state index contributed by atoms with van der Waals surface area (Å²) in [5.41, 5.74) is 0.185. The van der Waals surface area contributed by atoms with Gasteiger partial charge < -0.3 is 0 Å². The van der Waals surface area contributed by atoms with Crippen molar-refractivity contribution >= 4 is 0 Å². The zero-order valence-electron chi connectivity index (χ0n) is 8.98. The average Bonchev–Trinajstić information content (AvgIpc) is 2.90. The van der Waals surface area contributed by atoms with Crippen molar-refractivity contribution < 1.29 is 0 Å². The van der Waals surface area contributed by atoms with Crippen LogP contribution in [0.5, 0.6) is 0 Å². The van der Waals surface area contributed by atoms with E-state index in [-0.39, 0.29) is 6.42 Å². The second-order valence-corrected chi connectivity index (χ2v) is 4.50. The molecule has 0 aliphatic heterocycles.